The Balaban J connectivity index is 2.08. The molecule has 0 aromatic rings. The average Bonchev–Trinajstić information content (AvgIpc) is 2.72. The first-order chi connectivity index (χ1) is 7.42. The molecule has 1 heterocycles. The van der Waals surface area contributed by atoms with E-state index in [0.29, 0.717) is 5.92 Å². The second kappa shape index (κ2) is 3.75. The predicted molar refractivity (Wildman–Crippen MR) is 59.1 cm³/mol. The molecule has 0 radical (unpaired) electrons. The van der Waals surface area contributed by atoms with Crippen LogP contribution in [0.15, 0.2) is 0 Å². The van der Waals surface area contributed by atoms with Gasteiger partial charge in [0.1, 0.15) is 11.9 Å². The fraction of sp³-hybridized carbons (Fsp3) is 0.833. The smallest absolute Gasteiger partial charge is 0.411 e. The molecule has 2 aliphatic rings. The standard InChI is InChI=1S/C12H19NO3/c1-12(2,3)16-11(15)13-9-5-4-8(6-9)10(13)7-14/h7-10H,4-6H2,1-3H3/t8?,9?,10-/m1/s1. The summed E-state index contributed by atoms with van der Waals surface area (Å²) in [6.45, 7) is 5.53. The Hall–Kier alpha value is -1.06. The van der Waals surface area contributed by atoms with Crippen LogP contribution in [0.2, 0.25) is 0 Å². The monoisotopic (exact) mass is 225 g/mol. The zero-order valence-corrected chi connectivity index (χ0v) is 10.1. The highest BCUT2D eigenvalue weighted by Gasteiger charge is 2.49. The summed E-state index contributed by atoms with van der Waals surface area (Å²) in [6, 6.07) is -0.0383. The van der Waals surface area contributed by atoms with Crippen LogP contribution in [0, 0.1) is 5.92 Å². The molecule has 2 unspecified atom stereocenters. The normalized spacial score (nSPS) is 32.9. The van der Waals surface area contributed by atoms with E-state index in [1.54, 1.807) is 4.90 Å². The molecule has 0 aromatic carbocycles. The SMILES string of the molecule is CC(C)(C)OC(=O)N1C2CCC(C2)[C@H]1C=O. The van der Waals surface area contributed by atoms with Gasteiger partial charge in [-0.15, -0.1) is 0 Å². The molecule has 2 rings (SSSR count). The molecular weight excluding hydrogens is 206 g/mol. The minimum atomic E-state index is -0.494. The summed E-state index contributed by atoms with van der Waals surface area (Å²) in [4.78, 5) is 24.6. The van der Waals surface area contributed by atoms with Gasteiger partial charge < -0.3 is 9.53 Å². The molecule has 4 nitrogen and oxygen atoms in total. The highest BCUT2D eigenvalue weighted by atomic mass is 16.6. The summed E-state index contributed by atoms with van der Waals surface area (Å²) < 4.78 is 5.33. The van der Waals surface area contributed by atoms with E-state index < -0.39 is 5.60 Å². The van der Waals surface area contributed by atoms with E-state index in [1.807, 2.05) is 20.8 Å². The summed E-state index contributed by atoms with van der Waals surface area (Å²) in [5, 5.41) is 0. The van der Waals surface area contributed by atoms with E-state index in [1.165, 1.54) is 0 Å². The number of fused-ring (bicyclic) bond motifs is 2. The van der Waals surface area contributed by atoms with Crippen molar-refractivity contribution in [3.63, 3.8) is 0 Å². The fourth-order valence-electron chi connectivity index (χ4n) is 2.79. The zero-order chi connectivity index (χ0) is 11.9. The molecule has 0 N–H and O–H groups in total. The lowest BCUT2D eigenvalue weighted by Crippen LogP contribution is -2.47. The molecule has 1 saturated heterocycles. The topological polar surface area (TPSA) is 46.6 Å². The van der Waals surface area contributed by atoms with Crippen LogP contribution in [0.25, 0.3) is 0 Å². The quantitative estimate of drug-likeness (QED) is 0.641. The van der Waals surface area contributed by atoms with Gasteiger partial charge in [0.25, 0.3) is 0 Å². The Morgan fingerprint density at radius 2 is 2.06 bits per heavy atom. The first kappa shape index (κ1) is 11.4. The van der Waals surface area contributed by atoms with E-state index in [4.69, 9.17) is 4.74 Å². The lowest BCUT2D eigenvalue weighted by Gasteiger charge is -2.33. The van der Waals surface area contributed by atoms with Gasteiger partial charge in [-0.3, -0.25) is 4.90 Å². The first-order valence-electron chi connectivity index (χ1n) is 5.89. The average molecular weight is 225 g/mol. The second-order valence-corrected chi connectivity index (χ2v) is 5.74. The molecular formula is C12H19NO3. The maximum atomic E-state index is 12.0. The Bertz CT molecular complexity index is 308. The van der Waals surface area contributed by atoms with E-state index in [2.05, 4.69) is 0 Å². The van der Waals surface area contributed by atoms with Gasteiger partial charge in [0.15, 0.2) is 0 Å². The molecule has 0 spiro atoms. The van der Waals surface area contributed by atoms with E-state index >= 15 is 0 Å². The summed E-state index contributed by atoms with van der Waals surface area (Å²) in [5.74, 6) is 0.356. The van der Waals surface area contributed by atoms with Crippen molar-refractivity contribution in [3.8, 4) is 0 Å². The van der Waals surface area contributed by atoms with Gasteiger partial charge >= 0.3 is 6.09 Å². The number of amides is 1. The van der Waals surface area contributed by atoms with Crippen LogP contribution < -0.4 is 0 Å². The van der Waals surface area contributed by atoms with E-state index in [-0.39, 0.29) is 18.2 Å². The number of hydrogen-bond acceptors (Lipinski definition) is 3. The Morgan fingerprint density at radius 1 is 1.38 bits per heavy atom. The van der Waals surface area contributed by atoms with E-state index in [0.717, 1.165) is 25.5 Å². The zero-order valence-electron chi connectivity index (χ0n) is 10.1. The van der Waals surface area contributed by atoms with Crippen LogP contribution in [0.5, 0.6) is 0 Å². The summed E-state index contributed by atoms with van der Waals surface area (Å²) in [5.41, 5.74) is -0.494. The molecule has 1 saturated carbocycles. The number of carbonyl (C=O) groups excluding carboxylic acids is 2. The number of carbonyl (C=O) groups is 2. The van der Waals surface area contributed by atoms with Crippen LogP contribution in [0.4, 0.5) is 4.79 Å². The third-order valence-corrected chi connectivity index (χ3v) is 3.39. The molecule has 1 aliphatic carbocycles. The summed E-state index contributed by atoms with van der Waals surface area (Å²) in [7, 11) is 0. The molecule has 16 heavy (non-hydrogen) atoms. The van der Waals surface area contributed by atoms with Crippen molar-refractivity contribution in [1.82, 2.24) is 4.90 Å². The number of rotatable bonds is 1. The van der Waals surface area contributed by atoms with Crippen LogP contribution in [0.3, 0.4) is 0 Å². The first-order valence-corrected chi connectivity index (χ1v) is 5.89. The van der Waals surface area contributed by atoms with Gasteiger partial charge in [-0.1, -0.05) is 0 Å². The van der Waals surface area contributed by atoms with Crippen LogP contribution in [0.1, 0.15) is 40.0 Å². The third kappa shape index (κ3) is 1.93. The van der Waals surface area contributed by atoms with Crippen LogP contribution >= 0.6 is 0 Å². The maximum Gasteiger partial charge on any atom is 0.411 e. The maximum absolute atomic E-state index is 12.0. The van der Waals surface area contributed by atoms with Gasteiger partial charge in [-0.25, -0.2) is 4.79 Å². The fourth-order valence-corrected chi connectivity index (χ4v) is 2.79. The number of nitrogens with zero attached hydrogens (tertiary/aromatic N) is 1. The lowest BCUT2D eigenvalue weighted by molar-refractivity contribution is -0.113. The highest BCUT2D eigenvalue weighted by Crippen LogP contribution is 2.42. The predicted octanol–water partition coefficient (Wildman–Crippen LogP) is 1.97. The van der Waals surface area contributed by atoms with Crippen LogP contribution in [-0.4, -0.2) is 35.0 Å². The number of ether oxygens (including phenoxy) is 1. The van der Waals surface area contributed by atoms with E-state index in [9.17, 15) is 9.59 Å². The van der Waals surface area contributed by atoms with Gasteiger partial charge in [0.05, 0.1) is 6.04 Å². The number of hydrogen-bond donors (Lipinski definition) is 0. The van der Waals surface area contributed by atoms with Crippen molar-refractivity contribution in [2.75, 3.05) is 0 Å². The molecule has 2 bridgehead atoms. The van der Waals surface area contributed by atoms with Crippen molar-refractivity contribution in [2.45, 2.75) is 57.7 Å². The minimum Gasteiger partial charge on any atom is -0.444 e. The summed E-state index contributed by atoms with van der Waals surface area (Å²) >= 11 is 0. The van der Waals surface area contributed by atoms with Crippen LogP contribution in [-0.2, 0) is 9.53 Å². The van der Waals surface area contributed by atoms with Crippen molar-refractivity contribution < 1.29 is 14.3 Å². The number of piperidine rings is 1. The molecule has 1 amide bonds. The minimum absolute atomic E-state index is 0.218. The Labute approximate surface area is 95.9 Å². The van der Waals surface area contributed by atoms with Crippen molar-refractivity contribution >= 4 is 12.4 Å². The third-order valence-electron chi connectivity index (χ3n) is 3.39. The molecule has 0 aromatic heterocycles. The lowest BCUT2D eigenvalue weighted by atomic mass is 10.0. The highest BCUT2D eigenvalue weighted by molar-refractivity contribution is 5.75. The van der Waals surface area contributed by atoms with Crippen molar-refractivity contribution in [1.29, 1.82) is 0 Å². The van der Waals surface area contributed by atoms with Gasteiger partial charge in [-0.2, -0.15) is 0 Å². The van der Waals surface area contributed by atoms with Crippen molar-refractivity contribution in [3.05, 3.63) is 0 Å². The number of aldehydes is 1. The summed E-state index contributed by atoms with van der Waals surface area (Å²) in [6.07, 6.45) is 3.59. The largest absolute Gasteiger partial charge is 0.444 e. The Kier molecular flexibility index (Phi) is 2.68. The second-order valence-electron chi connectivity index (χ2n) is 5.74. The van der Waals surface area contributed by atoms with Gasteiger partial charge in [0, 0.05) is 6.04 Å². The van der Waals surface area contributed by atoms with Crippen molar-refractivity contribution in [2.24, 2.45) is 5.92 Å². The molecule has 2 fully saturated rings. The Morgan fingerprint density at radius 3 is 2.62 bits per heavy atom. The molecule has 4 heteroatoms. The van der Waals surface area contributed by atoms with Gasteiger partial charge in [0.2, 0.25) is 0 Å². The number of likely N-dealkylation sites (tertiary alicyclic amines) is 1. The van der Waals surface area contributed by atoms with Gasteiger partial charge in [-0.05, 0) is 46.0 Å². The molecule has 90 valence electrons. The molecule has 1 aliphatic heterocycles. The molecule has 3 atom stereocenters.